The fourth-order valence-corrected chi connectivity index (χ4v) is 2.72. The zero-order valence-corrected chi connectivity index (χ0v) is 12.4. The summed E-state index contributed by atoms with van der Waals surface area (Å²) in [6.45, 7) is 2.04. The molecular weight excluding hydrogens is 278 g/mol. The Bertz CT molecular complexity index is 704. The van der Waals surface area contributed by atoms with E-state index in [1.165, 1.54) is 0 Å². The van der Waals surface area contributed by atoms with Crippen molar-refractivity contribution in [2.24, 2.45) is 0 Å². The smallest absolute Gasteiger partial charge is 0.254 e. The molecule has 1 aromatic heterocycles. The van der Waals surface area contributed by atoms with Crippen molar-refractivity contribution in [3.05, 3.63) is 53.6 Å². The summed E-state index contributed by atoms with van der Waals surface area (Å²) in [7, 11) is 2.03. The van der Waals surface area contributed by atoms with Crippen LogP contribution in [0.5, 0.6) is 0 Å². The molecule has 0 aliphatic carbocycles. The lowest BCUT2D eigenvalue weighted by atomic mass is 10.1. The second-order valence-electron chi connectivity index (χ2n) is 5.41. The lowest BCUT2D eigenvalue weighted by Gasteiger charge is -2.38. The van der Waals surface area contributed by atoms with Crippen molar-refractivity contribution in [3.63, 3.8) is 0 Å². The quantitative estimate of drug-likeness (QED) is 0.909. The summed E-state index contributed by atoms with van der Waals surface area (Å²) in [6, 6.07) is 8.97. The van der Waals surface area contributed by atoms with Crippen LogP contribution in [0.4, 0.5) is 0 Å². The molecule has 1 aliphatic heterocycles. The van der Waals surface area contributed by atoms with Crippen LogP contribution in [-0.4, -0.2) is 52.4 Å². The molecule has 1 amide bonds. The topological polar surface area (TPSA) is 76.0 Å². The molecule has 22 heavy (non-hydrogen) atoms. The molecule has 0 spiro atoms. The Morgan fingerprint density at radius 3 is 3.05 bits per heavy atom. The molecular formula is C16H17N5O. The first-order chi connectivity index (χ1) is 10.7. The number of carbonyl (C=O) groups excluding carboxylic acids is 1. The van der Waals surface area contributed by atoms with Gasteiger partial charge in [-0.15, -0.1) is 0 Å². The number of nitrogens with zero attached hydrogens (tertiary/aromatic N) is 4. The number of hydrogen-bond acceptors (Lipinski definition) is 4. The highest BCUT2D eigenvalue weighted by Gasteiger charge is 2.30. The third-order valence-electron chi connectivity index (χ3n) is 4.01. The monoisotopic (exact) mass is 295 g/mol. The van der Waals surface area contributed by atoms with Crippen LogP contribution in [0.1, 0.15) is 27.8 Å². The number of likely N-dealkylation sites (N-methyl/N-ethyl adjacent to an activating group) is 1. The van der Waals surface area contributed by atoms with Gasteiger partial charge in [0.05, 0.1) is 17.7 Å². The molecule has 0 saturated carbocycles. The normalized spacial score (nSPS) is 18.9. The van der Waals surface area contributed by atoms with Gasteiger partial charge in [-0.2, -0.15) is 5.26 Å². The molecule has 6 nitrogen and oxygen atoms in total. The predicted octanol–water partition coefficient (Wildman–Crippen LogP) is 1.41. The van der Waals surface area contributed by atoms with Gasteiger partial charge in [-0.05, 0) is 25.2 Å². The number of H-pyrrole nitrogens is 1. The van der Waals surface area contributed by atoms with Gasteiger partial charge in [-0.1, -0.05) is 6.07 Å². The second kappa shape index (κ2) is 6.00. The number of nitriles is 1. The predicted molar refractivity (Wildman–Crippen MR) is 81.0 cm³/mol. The van der Waals surface area contributed by atoms with Crippen LogP contribution in [0, 0.1) is 11.3 Å². The summed E-state index contributed by atoms with van der Waals surface area (Å²) in [4.78, 5) is 24.1. The average molecular weight is 295 g/mol. The first-order valence-electron chi connectivity index (χ1n) is 7.18. The van der Waals surface area contributed by atoms with E-state index in [0.717, 1.165) is 12.4 Å². The van der Waals surface area contributed by atoms with E-state index in [1.54, 1.807) is 36.7 Å². The zero-order valence-electron chi connectivity index (χ0n) is 12.4. The molecule has 1 aromatic carbocycles. The lowest BCUT2D eigenvalue weighted by molar-refractivity contribution is 0.0534. The van der Waals surface area contributed by atoms with Crippen molar-refractivity contribution >= 4 is 5.91 Å². The van der Waals surface area contributed by atoms with Crippen molar-refractivity contribution in [2.75, 3.05) is 26.7 Å². The number of hydrogen-bond donors (Lipinski definition) is 1. The fraction of sp³-hybridized carbons (Fsp3) is 0.312. The Balaban J connectivity index is 1.80. The number of carbonyl (C=O) groups is 1. The van der Waals surface area contributed by atoms with E-state index in [1.807, 2.05) is 11.9 Å². The average Bonchev–Trinajstić information content (AvgIpc) is 3.09. The molecule has 1 aliphatic rings. The molecule has 0 radical (unpaired) electrons. The van der Waals surface area contributed by atoms with Crippen LogP contribution >= 0.6 is 0 Å². The number of piperazine rings is 1. The zero-order chi connectivity index (χ0) is 15.5. The maximum atomic E-state index is 12.7. The van der Waals surface area contributed by atoms with Crippen LogP contribution in [0.3, 0.4) is 0 Å². The van der Waals surface area contributed by atoms with Gasteiger partial charge < -0.3 is 9.88 Å². The van der Waals surface area contributed by atoms with Gasteiger partial charge in [0, 0.05) is 37.6 Å². The van der Waals surface area contributed by atoms with Crippen molar-refractivity contribution < 1.29 is 4.79 Å². The highest BCUT2D eigenvalue weighted by atomic mass is 16.2. The Hall–Kier alpha value is -2.65. The summed E-state index contributed by atoms with van der Waals surface area (Å²) < 4.78 is 0. The van der Waals surface area contributed by atoms with Gasteiger partial charge in [0.25, 0.3) is 5.91 Å². The van der Waals surface area contributed by atoms with Crippen LogP contribution in [-0.2, 0) is 0 Å². The second-order valence-corrected chi connectivity index (χ2v) is 5.41. The molecule has 6 heteroatoms. The van der Waals surface area contributed by atoms with E-state index >= 15 is 0 Å². The molecule has 1 atom stereocenters. The summed E-state index contributed by atoms with van der Waals surface area (Å²) in [6.07, 6.45) is 3.51. The van der Waals surface area contributed by atoms with Crippen molar-refractivity contribution in [3.8, 4) is 6.07 Å². The van der Waals surface area contributed by atoms with Gasteiger partial charge in [0.2, 0.25) is 0 Å². The number of aromatic amines is 1. The maximum Gasteiger partial charge on any atom is 0.254 e. The van der Waals surface area contributed by atoms with Gasteiger partial charge in [0.1, 0.15) is 5.82 Å². The van der Waals surface area contributed by atoms with Crippen LogP contribution in [0.15, 0.2) is 36.7 Å². The van der Waals surface area contributed by atoms with Gasteiger partial charge in [0.15, 0.2) is 0 Å². The van der Waals surface area contributed by atoms with E-state index in [0.29, 0.717) is 24.2 Å². The van der Waals surface area contributed by atoms with Crippen LogP contribution in [0.25, 0.3) is 0 Å². The largest absolute Gasteiger partial charge is 0.347 e. The highest BCUT2D eigenvalue weighted by Crippen LogP contribution is 2.22. The first-order valence-corrected chi connectivity index (χ1v) is 7.18. The van der Waals surface area contributed by atoms with E-state index in [2.05, 4.69) is 20.9 Å². The van der Waals surface area contributed by atoms with E-state index in [-0.39, 0.29) is 11.9 Å². The number of amides is 1. The molecule has 112 valence electrons. The minimum atomic E-state index is -0.0400. The molecule has 1 saturated heterocycles. The number of imidazole rings is 1. The van der Waals surface area contributed by atoms with Gasteiger partial charge >= 0.3 is 0 Å². The third-order valence-corrected chi connectivity index (χ3v) is 4.01. The maximum absolute atomic E-state index is 12.7. The SMILES string of the molecule is CN1CCN(C(=O)c2cccc(C#N)c2)C[C@@H]1c1ncc[nH]1. The van der Waals surface area contributed by atoms with E-state index < -0.39 is 0 Å². The first kappa shape index (κ1) is 14.3. The molecule has 2 heterocycles. The third kappa shape index (κ3) is 2.71. The molecule has 1 fully saturated rings. The van der Waals surface area contributed by atoms with Gasteiger partial charge in [-0.3, -0.25) is 9.69 Å². The summed E-state index contributed by atoms with van der Waals surface area (Å²) in [5, 5.41) is 8.96. The fourth-order valence-electron chi connectivity index (χ4n) is 2.72. The number of rotatable bonds is 2. The number of aromatic nitrogens is 2. The van der Waals surface area contributed by atoms with Crippen molar-refractivity contribution in [1.29, 1.82) is 5.26 Å². The Morgan fingerprint density at radius 2 is 2.32 bits per heavy atom. The van der Waals surface area contributed by atoms with E-state index in [4.69, 9.17) is 5.26 Å². The molecule has 0 unspecified atom stereocenters. The molecule has 1 N–H and O–H groups in total. The molecule has 2 aromatic rings. The highest BCUT2D eigenvalue weighted by molar-refractivity contribution is 5.94. The van der Waals surface area contributed by atoms with E-state index in [9.17, 15) is 4.79 Å². The summed E-state index contributed by atoms with van der Waals surface area (Å²) >= 11 is 0. The van der Waals surface area contributed by atoms with Crippen LogP contribution in [0.2, 0.25) is 0 Å². The van der Waals surface area contributed by atoms with Crippen molar-refractivity contribution in [2.45, 2.75) is 6.04 Å². The Morgan fingerprint density at radius 1 is 1.45 bits per heavy atom. The minimum Gasteiger partial charge on any atom is -0.347 e. The van der Waals surface area contributed by atoms with Crippen LogP contribution < -0.4 is 0 Å². The summed E-state index contributed by atoms with van der Waals surface area (Å²) in [5.74, 6) is 0.826. The lowest BCUT2D eigenvalue weighted by Crippen LogP contribution is -2.49. The molecule has 3 rings (SSSR count). The Kier molecular flexibility index (Phi) is 3.90. The Labute approximate surface area is 129 Å². The standard InChI is InChI=1S/C16H17N5O/c1-20-7-8-21(11-14(20)15-18-5-6-19-15)16(22)13-4-2-3-12(9-13)10-17/h2-6,9,14H,7-8,11H2,1H3,(H,18,19)/t14-/m1/s1. The number of benzene rings is 1. The summed E-state index contributed by atoms with van der Waals surface area (Å²) in [5.41, 5.74) is 1.06. The van der Waals surface area contributed by atoms with Crippen molar-refractivity contribution in [1.82, 2.24) is 19.8 Å². The molecule has 0 bridgehead atoms. The van der Waals surface area contributed by atoms with Gasteiger partial charge in [-0.25, -0.2) is 4.98 Å². The minimum absolute atomic E-state index is 0.0400. The number of nitrogens with one attached hydrogen (secondary N) is 1.